The molecule has 1 fully saturated rings. The minimum Gasteiger partial charge on any atom is -0.465 e. The largest absolute Gasteiger partial charge is 0.465 e. The van der Waals surface area contributed by atoms with E-state index in [4.69, 9.17) is 10.5 Å². The standard InChI is InChI=1S/C14H19N3O2S/c1-14(2)5-4-6-17(8-14)12-9(7-15)10(16)11(20-12)13(18)19-3/h4-6,8,16H2,1-3H3. The molecule has 2 N–H and O–H groups in total. The van der Waals surface area contributed by atoms with E-state index in [1.165, 1.54) is 18.4 Å². The van der Waals surface area contributed by atoms with Crippen molar-refractivity contribution in [3.63, 3.8) is 0 Å². The Balaban J connectivity index is 2.42. The van der Waals surface area contributed by atoms with Crippen molar-refractivity contribution in [2.24, 2.45) is 5.41 Å². The number of carbonyl (C=O) groups excluding carboxylic acids is 1. The number of methoxy groups -OCH3 is 1. The topological polar surface area (TPSA) is 79.3 Å². The number of hydrogen-bond donors (Lipinski definition) is 1. The molecule has 1 aromatic heterocycles. The highest BCUT2D eigenvalue weighted by atomic mass is 32.1. The Morgan fingerprint density at radius 1 is 1.55 bits per heavy atom. The average Bonchev–Trinajstić information content (AvgIpc) is 2.73. The zero-order valence-electron chi connectivity index (χ0n) is 12.0. The van der Waals surface area contributed by atoms with Crippen molar-refractivity contribution < 1.29 is 9.53 Å². The van der Waals surface area contributed by atoms with Gasteiger partial charge in [0.05, 0.1) is 12.8 Å². The van der Waals surface area contributed by atoms with Crippen LogP contribution in [0.15, 0.2) is 0 Å². The Bertz CT molecular complexity index is 572. The summed E-state index contributed by atoms with van der Waals surface area (Å²) in [6.45, 7) is 6.17. The SMILES string of the molecule is COC(=O)c1sc(N2CCCC(C)(C)C2)c(C#N)c1N. The van der Waals surface area contributed by atoms with Crippen molar-refractivity contribution >= 4 is 28.0 Å². The molecule has 0 aliphatic carbocycles. The van der Waals surface area contributed by atoms with Gasteiger partial charge in [0.15, 0.2) is 0 Å². The van der Waals surface area contributed by atoms with Crippen LogP contribution in [-0.4, -0.2) is 26.2 Å². The number of piperidine rings is 1. The number of anilines is 2. The summed E-state index contributed by atoms with van der Waals surface area (Å²) in [7, 11) is 1.32. The summed E-state index contributed by atoms with van der Waals surface area (Å²) in [6.07, 6.45) is 2.24. The van der Waals surface area contributed by atoms with Crippen LogP contribution in [0, 0.1) is 16.7 Å². The minimum atomic E-state index is -0.480. The molecule has 0 bridgehead atoms. The van der Waals surface area contributed by atoms with Crippen LogP contribution in [0.2, 0.25) is 0 Å². The lowest BCUT2D eigenvalue weighted by Crippen LogP contribution is -2.40. The molecule has 20 heavy (non-hydrogen) atoms. The first-order valence-electron chi connectivity index (χ1n) is 6.55. The number of thiophene rings is 1. The van der Waals surface area contributed by atoms with Gasteiger partial charge in [0.1, 0.15) is 21.5 Å². The Morgan fingerprint density at radius 3 is 2.80 bits per heavy atom. The molecule has 1 aliphatic rings. The van der Waals surface area contributed by atoms with E-state index in [1.54, 1.807) is 0 Å². The molecule has 1 aliphatic heterocycles. The molecule has 0 saturated carbocycles. The number of ether oxygens (including phenoxy) is 1. The summed E-state index contributed by atoms with van der Waals surface area (Å²) in [4.78, 5) is 14.2. The lowest BCUT2D eigenvalue weighted by molar-refractivity contribution is 0.0607. The van der Waals surface area contributed by atoms with Gasteiger partial charge in [-0.05, 0) is 18.3 Å². The second-order valence-corrected chi connectivity index (χ2v) is 6.82. The summed E-state index contributed by atoms with van der Waals surface area (Å²) in [6, 6.07) is 2.12. The van der Waals surface area contributed by atoms with E-state index in [1.807, 2.05) is 0 Å². The highest BCUT2D eigenvalue weighted by Crippen LogP contribution is 2.41. The molecule has 6 heteroatoms. The molecule has 1 saturated heterocycles. The van der Waals surface area contributed by atoms with E-state index < -0.39 is 5.97 Å². The number of nitrogens with zero attached hydrogens (tertiary/aromatic N) is 2. The Labute approximate surface area is 122 Å². The van der Waals surface area contributed by atoms with E-state index >= 15 is 0 Å². The van der Waals surface area contributed by atoms with E-state index in [9.17, 15) is 10.1 Å². The van der Waals surface area contributed by atoms with Crippen molar-refractivity contribution in [2.75, 3.05) is 30.8 Å². The van der Waals surface area contributed by atoms with Gasteiger partial charge in [0.25, 0.3) is 0 Å². The summed E-state index contributed by atoms with van der Waals surface area (Å²) < 4.78 is 4.72. The number of rotatable bonds is 2. The first-order valence-corrected chi connectivity index (χ1v) is 7.37. The Kier molecular flexibility index (Phi) is 3.91. The zero-order valence-corrected chi connectivity index (χ0v) is 12.8. The monoisotopic (exact) mass is 293 g/mol. The smallest absolute Gasteiger partial charge is 0.350 e. The molecule has 2 heterocycles. The van der Waals surface area contributed by atoms with Gasteiger partial charge in [-0.3, -0.25) is 0 Å². The lowest BCUT2D eigenvalue weighted by Gasteiger charge is -2.38. The number of nitrogen functional groups attached to an aromatic ring is 1. The molecule has 0 radical (unpaired) electrons. The molecule has 0 unspecified atom stereocenters. The fourth-order valence-corrected chi connectivity index (χ4v) is 3.72. The van der Waals surface area contributed by atoms with Crippen LogP contribution in [-0.2, 0) is 4.74 Å². The van der Waals surface area contributed by atoms with E-state index in [0.29, 0.717) is 10.4 Å². The van der Waals surface area contributed by atoms with Gasteiger partial charge < -0.3 is 15.4 Å². The van der Waals surface area contributed by atoms with Gasteiger partial charge >= 0.3 is 5.97 Å². The van der Waals surface area contributed by atoms with Crippen LogP contribution in [0.1, 0.15) is 41.9 Å². The number of nitrogens with two attached hydrogens (primary N) is 1. The zero-order chi connectivity index (χ0) is 14.9. The quantitative estimate of drug-likeness (QED) is 0.848. The first kappa shape index (κ1) is 14.7. The third-order valence-electron chi connectivity index (χ3n) is 3.60. The van der Waals surface area contributed by atoms with Crippen LogP contribution in [0.25, 0.3) is 0 Å². The first-order chi connectivity index (χ1) is 9.39. The number of carbonyl (C=O) groups is 1. The molecule has 2 rings (SSSR count). The molecule has 0 atom stereocenters. The van der Waals surface area contributed by atoms with Crippen molar-refractivity contribution in [1.29, 1.82) is 5.26 Å². The normalized spacial score (nSPS) is 17.6. The highest BCUT2D eigenvalue weighted by Gasteiger charge is 2.31. The number of esters is 1. The number of hydrogen-bond acceptors (Lipinski definition) is 6. The van der Waals surface area contributed by atoms with Gasteiger partial charge in [-0.1, -0.05) is 13.8 Å². The fraction of sp³-hybridized carbons (Fsp3) is 0.571. The van der Waals surface area contributed by atoms with Gasteiger partial charge in [-0.15, -0.1) is 11.3 Å². The fourth-order valence-electron chi connectivity index (χ4n) is 2.60. The van der Waals surface area contributed by atoms with Gasteiger partial charge in [0, 0.05) is 13.1 Å². The van der Waals surface area contributed by atoms with E-state index in [-0.39, 0.29) is 11.1 Å². The van der Waals surface area contributed by atoms with Gasteiger partial charge in [-0.2, -0.15) is 5.26 Å². The molecular formula is C14H19N3O2S. The van der Waals surface area contributed by atoms with Gasteiger partial charge in [-0.25, -0.2) is 4.79 Å². The van der Waals surface area contributed by atoms with Crippen molar-refractivity contribution in [2.45, 2.75) is 26.7 Å². The van der Waals surface area contributed by atoms with Crippen LogP contribution >= 0.6 is 11.3 Å². The van der Waals surface area contributed by atoms with E-state index in [2.05, 4.69) is 24.8 Å². The minimum absolute atomic E-state index is 0.204. The predicted molar refractivity (Wildman–Crippen MR) is 80.0 cm³/mol. The van der Waals surface area contributed by atoms with Gasteiger partial charge in [0.2, 0.25) is 0 Å². The molecule has 5 nitrogen and oxygen atoms in total. The van der Waals surface area contributed by atoms with Crippen LogP contribution in [0.4, 0.5) is 10.7 Å². The van der Waals surface area contributed by atoms with Crippen LogP contribution in [0.3, 0.4) is 0 Å². The maximum Gasteiger partial charge on any atom is 0.350 e. The molecule has 0 amide bonds. The lowest BCUT2D eigenvalue weighted by atomic mass is 9.84. The molecule has 0 spiro atoms. The Hall–Kier alpha value is -1.74. The maximum atomic E-state index is 11.7. The summed E-state index contributed by atoms with van der Waals surface area (Å²) >= 11 is 1.25. The Morgan fingerprint density at radius 2 is 2.25 bits per heavy atom. The van der Waals surface area contributed by atoms with E-state index in [0.717, 1.165) is 30.9 Å². The maximum absolute atomic E-state index is 11.7. The second-order valence-electron chi connectivity index (χ2n) is 5.82. The molecule has 1 aromatic rings. The van der Waals surface area contributed by atoms with Crippen LogP contribution < -0.4 is 10.6 Å². The molecule has 0 aromatic carbocycles. The molecular weight excluding hydrogens is 274 g/mol. The predicted octanol–water partition coefficient (Wildman–Crippen LogP) is 2.61. The summed E-state index contributed by atoms with van der Waals surface area (Å²) in [5, 5.41) is 10.1. The summed E-state index contributed by atoms with van der Waals surface area (Å²) in [5.41, 5.74) is 6.76. The summed E-state index contributed by atoms with van der Waals surface area (Å²) in [5.74, 6) is -0.480. The molecule has 108 valence electrons. The van der Waals surface area contributed by atoms with Crippen molar-refractivity contribution in [3.8, 4) is 6.07 Å². The van der Waals surface area contributed by atoms with Crippen LogP contribution in [0.5, 0.6) is 0 Å². The third-order valence-corrected chi connectivity index (χ3v) is 4.84. The van der Waals surface area contributed by atoms with Crippen molar-refractivity contribution in [1.82, 2.24) is 0 Å². The second kappa shape index (κ2) is 5.33. The highest BCUT2D eigenvalue weighted by molar-refractivity contribution is 7.18. The van der Waals surface area contributed by atoms with Crippen molar-refractivity contribution in [3.05, 3.63) is 10.4 Å². The average molecular weight is 293 g/mol. The number of nitriles is 1. The third kappa shape index (κ3) is 2.59.